The first-order chi connectivity index (χ1) is 9.54. The lowest BCUT2D eigenvalue weighted by Gasteiger charge is -2.23. The zero-order chi connectivity index (χ0) is 14.8. The first kappa shape index (κ1) is 14.4. The van der Waals surface area contributed by atoms with E-state index in [-0.39, 0.29) is 12.5 Å². The molecule has 1 heterocycles. The maximum absolute atomic E-state index is 12.6. The van der Waals surface area contributed by atoms with Gasteiger partial charge in [0.05, 0.1) is 19.4 Å². The van der Waals surface area contributed by atoms with Crippen molar-refractivity contribution in [3.05, 3.63) is 24.3 Å². The molecule has 1 aromatic carbocycles. The average Bonchev–Trinajstić information content (AvgIpc) is 2.76. The van der Waals surface area contributed by atoms with E-state index in [2.05, 4.69) is 0 Å². The Morgan fingerprint density at radius 2 is 2.10 bits per heavy atom. The van der Waals surface area contributed by atoms with Crippen LogP contribution >= 0.6 is 0 Å². The lowest BCUT2D eigenvalue weighted by Crippen LogP contribution is -2.39. The fourth-order valence-corrected chi connectivity index (χ4v) is 2.40. The molecule has 1 atom stereocenters. The molecular weight excluding hydrogens is 258 g/mol. The van der Waals surface area contributed by atoms with Crippen LogP contribution in [0, 0.1) is 5.41 Å². The van der Waals surface area contributed by atoms with Crippen LogP contribution < -0.4 is 9.64 Å². The Hall–Kier alpha value is -2.04. The smallest absolute Gasteiger partial charge is 0.321 e. The molecule has 20 heavy (non-hydrogen) atoms. The van der Waals surface area contributed by atoms with Crippen LogP contribution in [0.5, 0.6) is 5.75 Å². The molecule has 0 saturated carbocycles. The molecule has 0 spiro atoms. The highest BCUT2D eigenvalue weighted by Gasteiger charge is 2.50. The molecule has 1 aliphatic heterocycles. The van der Waals surface area contributed by atoms with Crippen molar-refractivity contribution in [2.24, 2.45) is 5.41 Å². The molecule has 1 aliphatic rings. The van der Waals surface area contributed by atoms with E-state index in [1.165, 1.54) is 0 Å². The number of para-hydroxylation sites is 2. The third kappa shape index (κ3) is 2.24. The molecule has 1 saturated heterocycles. The van der Waals surface area contributed by atoms with Gasteiger partial charge in [-0.1, -0.05) is 12.1 Å². The van der Waals surface area contributed by atoms with Crippen molar-refractivity contribution in [2.45, 2.75) is 20.3 Å². The standard InChI is InChI=1S/C15H19NO4/c1-4-20-14(18)15(2)9-10-16(13(15)17)11-7-5-6-8-12(11)19-3/h5-8H,4,9-10H2,1-3H3/t15-/m1/s1. The number of carbonyl (C=O) groups excluding carboxylic acids is 2. The summed E-state index contributed by atoms with van der Waals surface area (Å²) in [5.74, 6) is -0.0724. The predicted molar refractivity (Wildman–Crippen MR) is 74.7 cm³/mol. The molecular formula is C15H19NO4. The Labute approximate surface area is 118 Å². The SMILES string of the molecule is CCOC(=O)[C@]1(C)CCN(c2ccccc2OC)C1=O. The number of rotatable bonds is 4. The maximum Gasteiger partial charge on any atom is 0.321 e. The molecule has 0 radical (unpaired) electrons. The summed E-state index contributed by atoms with van der Waals surface area (Å²) in [7, 11) is 1.56. The topological polar surface area (TPSA) is 55.8 Å². The zero-order valence-electron chi connectivity index (χ0n) is 12.0. The van der Waals surface area contributed by atoms with E-state index in [0.717, 1.165) is 0 Å². The van der Waals surface area contributed by atoms with Crippen molar-refractivity contribution in [3.8, 4) is 5.75 Å². The van der Waals surface area contributed by atoms with Gasteiger partial charge >= 0.3 is 5.97 Å². The summed E-state index contributed by atoms with van der Waals surface area (Å²) in [5, 5.41) is 0. The number of hydrogen-bond acceptors (Lipinski definition) is 4. The van der Waals surface area contributed by atoms with E-state index >= 15 is 0 Å². The summed E-state index contributed by atoms with van der Waals surface area (Å²) in [5.41, 5.74) is -0.412. The van der Waals surface area contributed by atoms with Gasteiger partial charge in [0.25, 0.3) is 0 Å². The summed E-state index contributed by atoms with van der Waals surface area (Å²) in [6.45, 7) is 4.13. The number of nitrogens with zero attached hydrogens (tertiary/aromatic N) is 1. The third-order valence-corrected chi connectivity index (χ3v) is 3.65. The summed E-state index contributed by atoms with van der Waals surface area (Å²) in [4.78, 5) is 26.2. The number of ether oxygens (including phenoxy) is 2. The molecule has 5 heteroatoms. The average molecular weight is 277 g/mol. The third-order valence-electron chi connectivity index (χ3n) is 3.65. The summed E-state index contributed by atoms with van der Waals surface area (Å²) in [6.07, 6.45) is 0.447. The second kappa shape index (κ2) is 5.53. The zero-order valence-corrected chi connectivity index (χ0v) is 12.0. The molecule has 108 valence electrons. The van der Waals surface area contributed by atoms with Crippen LogP contribution in [0.1, 0.15) is 20.3 Å². The predicted octanol–water partition coefficient (Wildman–Crippen LogP) is 2.00. The number of methoxy groups -OCH3 is 1. The van der Waals surface area contributed by atoms with Crippen molar-refractivity contribution in [3.63, 3.8) is 0 Å². The van der Waals surface area contributed by atoms with Gasteiger partial charge in [-0.3, -0.25) is 9.59 Å². The number of hydrogen-bond donors (Lipinski definition) is 0. The second-order valence-electron chi connectivity index (χ2n) is 4.93. The van der Waals surface area contributed by atoms with Crippen LogP contribution in [-0.4, -0.2) is 32.1 Å². The van der Waals surface area contributed by atoms with Crippen molar-refractivity contribution in [1.82, 2.24) is 0 Å². The highest BCUT2D eigenvalue weighted by molar-refractivity contribution is 6.12. The van der Waals surface area contributed by atoms with Gasteiger partial charge < -0.3 is 14.4 Å². The molecule has 1 fully saturated rings. The van der Waals surface area contributed by atoms with Crippen LogP contribution in [0.25, 0.3) is 0 Å². The summed E-state index contributed by atoms with van der Waals surface area (Å²) in [6, 6.07) is 7.29. The highest BCUT2D eigenvalue weighted by atomic mass is 16.5. The summed E-state index contributed by atoms with van der Waals surface area (Å²) >= 11 is 0. The lowest BCUT2D eigenvalue weighted by atomic mass is 9.89. The number of benzene rings is 1. The molecule has 0 aromatic heterocycles. The number of esters is 1. The Balaban J connectivity index is 2.29. The lowest BCUT2D eigenvalue weighted by molar-refractivity contribution is -0.157. The monoisotopic (exact) mass is 277 g/mol. The molecule has 1 amide bonds. The quantitative estimate of drug-likeness (QED) is 0.624. The van der Waals surface area contributed by atoms with Crippen LogP contribution in [-0.2, 0) is 14.3 Å². The largest absolute Gasteiger partial charge is 0.495 e. The van der Waals surface area contributed by atoms with Crippen molar-refractivity contribution < 1.29 is 19.1 Å². The molecule has 2 rings (SSSR count). The van der Waals surface area contributed by atoms with Gasteiger partial charge in [0, 0.05) is 6.54 Å². The fraction of sp³-hybridized carbons (Fsp3) is 0.467. The van der Waals surface area contributed by atoms with Crippen LogP contribution in [0.4, 0.5) is 5.69 Å². The minimum atomic E-state index is -1.10. The van der Waals surface area contributed by atoms with Crippen molar-refractivity contribution in [1.29, 1.82) is 0 Å². The Morgan fingerprint density at radius 1 is 1.40 bits per heavy atom. The van der Waals surface area contributed by atoms with E-state index < -0.39 is 11.4 Å². The highest BCUT2D eigenvalue weighted by Crippen LogP contribution is 2.39. The van der Waals surface area contributed by atoms with E-state index in [9.17, 15) is 9.59 Å². The Kier molecular flexibility index (Phi) is 3.97. The van der Waals surface area contributed by atoms with Gasteiger partial charge in [-0.15, -0.1) is 0 Å². The minimum Gasteiger partial charge on any atom is -0.495 e. The van der Waals surface area contributed by atoms with Crippen molar-refractivity contribution in [2.75, 3.05) is 25.2 Å². The first-order valence-electron chi connectivity index (χ1n) is 6.66. The molecule has 0 bridgehead atoms. The normalized spacial score (nSPS) is 21.9. The molecule has 1 aromatic rings. The van der Waals surface area contributed by atoms with Gasteiger partial charge in [0.2, 0.25) is 5.91 Å². The van der Waals surface area contributed by atoms with Crippen LogP contribution in [0.2, 0.25) is 0 Å². The molecule has 5 nitrogen and oxygen atoms in total. The van der Waals surface area contributed by atoms with Gasteiger partial charge in [0.15, 0.2) is 0 Å². The van der Waals surface area contributed by atoms with Crippen molar-refractivity contribution >= 4 is 17.6 Å². The number of amides is 1. The number of carbonyl (C=O) groups is 2. The molecule has 0 unspecified atom stereocenters. The Morgan fingerprint density at radius 3 is 2.75 bits per heavy atom. The fourth-order valence-electron chi connectivity index (χ4n) is 2.40. The van der Waals surface area contributed by atoms with Gasteiger partial charge in [-0.2, -0.15) is 0 Å². The van der Waals surface area contributed by atoms with Gasteiger partial charge in [-0.05, 0) is 32.4 Å². The van der Waals surface area contributed by atoms with Gasteiger partial charge in [-0.25, -0.2) is 0 Å². The molecule has 0 aliphatic carbocycles. The van der Waals surface area contributed by atoms with Crippen LogP contribution in [0.15, 0.2) is 24.3 Å². The minimum absolute atomic E-state index is 0.236. The second-order valence-corrected chi connectivity index (χ2v) is 4.93. The first-order valence-corrected chi connectivity index (χ1v) is 6.66. The summed E-state index contributed by atoms with van der Waals surface area (Å²) < 4.78 is 10.3. The van der Waals surface area contributed by atoms with Crippen LogP contribution in [0.3, 0.4) is 0 Å². The Bertz CT molecular complexity index is 528. The van der Waals surface area contributed by atoms with Gasteiger partial charge in [0.1, 0.15) is 11.2 Å². The van der Waals surface area contributed by atoms with E-state index in [0.29, 0.717) is 24.4 Å². The number of anilines is 1. The molecule has 0 N–H and O–H groups in total. The van der Waals surface area contributed by atoms with E-state index in [1.807, 2.05) is 18.2 Å². The van der Waals surface area contributed by atoms with E-state index in [1.54, 1.807) is 31.9 Å². The maximum atomic E-state index is 12.6. The van der Waals surface area contributed by atoms with E-state index in [4.69, 9.17) is 9.47 Å².